The lowest BCUT2D eigenvalue weighted by Crippen LogP contribution is -2.35. The lowest BCUT2D eigenvalue weighted by molar-refractivity contribution is 0.0377. The molecule has 0 spiro atoms. The van der Waals surface area contributed by atoms with Crippen LogP contribution in [0.25, 0.3) is 0 Å². The van der Waals surface area contributed by atoms with Gasteiger partial charge in [0.15, 0.2) is 0 Å². The van der Waals surface area contributed by atoms with Gasteiger partial charge >= 0.3 is 6.09 Å². The molecule has 1 heterocycles. The van der Waals surface area contributed by atoms with Crippen LogP contribution in [-0.4, -0.2) is 28.6 Å². The Kier molecular flexibility index (Phi) is 3.08. The van der Waals surface area contributed by atoms with Crippen molar-refractivity contribution in [2.75, 3.05) is 6.61 Å². The van der Waals surface area contributed by atoms with Crippen molar-refractivity contribution >= 4 is 18.3 Å². The van der Waals surface area contributed by atoms with Crippen LogP contribution in [0.3, 0.4) is 0 Å². The molecule has 76 valence electrons. The molecule has 13 heavy (non-hydrogen) atoms. The normalized spacial score (nSPS) is 23.4. The van der Waals surface area contributed by atoms with E-state index in [1.54, 1.807) is 0 Å². The SMILES string of the molecule is C[C@@H]1COSN1C(=O)OC(C)(C)C. The van der Waals surface area contributed by atoms with Gasteiger partial charge in [-0.3, -0.25) is 4.18 Å². The molecule has 0 saturated carbocycles. The molecule has 1 aliphatic rings. The molecule has 1 amide bonds. The van der Waals surface area contributed by atoms with Crippen molar-refractivity contribution in [2.45, 2.75) is 39.3 Å². The minimum atomic E-state index is -0.444. The smallest absolute Gasteiger partial charge is 0.422 e. The van der Waals surface area contributed by atoms with Crippen molar-refractivity contribution in [3.8, 4) is 0 Å². The van der Waals surface area contributed by atoms with Crippen LogP contribution in [0, 0.1) is 0 Å². The maximum Gasteiger partial charge on any atom is 0.422 e. The quantitative estimate of drug-likeness (QED) is 0.449. The van der Waals surface area contributed by atoms with E-state index in [0.717, 1.165) is 12.2 Å². The average Bonchev–Trinajstić information content (AvgIpc) is 2.30. The van der Waals surface area contributed by atoms with Crippen molar-refractivity contribution in [1.29, 1.82) is 0 Å². The van der Waals surface area contributed by atoms with E-state index in [2.05, 4.69) is 0 Å². The zero-order valence-corrected chi connectivity index (χ0v) is 9.18. The third kappa shape index (κ3) is 3.08. The van der Waals surface area contributed by atoms with Gasteiger partial charge in [-0.05, 0) is 27.7 Å². The van der Waals surface area contributed by atoms with E-state index < -0.39 is 5.60 Å². The predicted molar refractivity (Wildman–Crippen MR) is 51.1 cm³/mol. The molecule has 0 aromatic heterocycles. The van der Waals surface area contributed by atoms with E-state index in [1.165, 1.54) is 4.31 Å². The summed E-state index contributed by atoms with van der Waals surface area (Å²) in [6.45, 7) is 8.01. The third-order valence-corrected chi connectivity index (χ3v) is 2.33. The minimum absolute atomic E-state index is 0.0832. The number of hydrogen-bond acceptors (Lipinski definition) is 4. The molecule has 1 fully saturated rings. The Morgan fingerprint density at radius 2 is 2.23 bits per heavy atom. The lowest BCUT2D eigenvalue weighted by atomic mass is 10.2. The lowest BCUT2D eigenvalue weighted by Gasteiger charge is -2.24. The van der Waals surface area contributed by atoms with Crippen LogP contribution in [-0.2, 0) is 8.92 Å². The van der Waals surface area contributed by atoms with Crippen molar-refractivity contribution in [3.05, 3.63) is 0 Å². The molecule has 4 nitrogen and oxygen atoms in total. The van der Waals surface area contributed by atoms with Crippen LogP contribution >= 0.6 is 12.2 Å². The van der Waals surface area contributed by atoms with Gasteiger partial charge in [-0.25, -0.2) is 9.10 Å². The molecule has 0 aromatic rings. The van der Waals surface area contributed by atoms with Gasteiger partial charge in [0.05, 0.1) is 12.6 Å². The number of carbonyl (C=O) groups is 1. The summed E-state index contributed by atoms with van der Waals surface area (Å²) in [6, 6.07) is 0.0832. The van der Waals surface area contributed by atoms with E-state index in [0.29, 0.717) is 6.61 Å². The molecule has 0 bridgehead atoms. The van der Waals surface area contributed by atoms with E-state index >= 15 is 0 Å². The fourth-order valence-electron chi connectivity index (χ4n) is 0.844. The van der Waals surface area contributed by atoms with E-state index in [4.69, 9.17) is 8.92 Å². The van der Waals surface area contributed by atoms with E-state index in [1.807, 2.05) is 27.7 Å². The summed E-state index contributed by atoms with van der Waals surface area (Å²) in [5, 5.41) is 0. The number of hydrogen-bond donors (Lipinski definition) is 0. The summed E-state index contributed by atoms with van der Waals surface area (Å²) in [4.78, 5) is 11.5. The second-order valence-electron chi connectivity index (χ2n) is 4.01. The molecule has 1 saturated heterocycles. The Labute approximate surface area is 82.9 Å². The Hall–Kier alpha value is -0.420. The molecular weight excluding hydrogens is 190 g/mol. The highest BCUT2D eigenvalue weighted by molar-refractivity contribution is 7.93. The van der Waals surface area contributed by atoms with Crippen LogP contribution < -0.4 is 0 Å². The molecule has 0 aliphatic carbocycles. The highest BCUT2D eigenvalue weighted by atomic mass is 32.2. The van der Waals surface area contributed by atoms with Crippen LogP contribution in [0.1, 0.15) is 27.7 Å². The topological polar surface area (TPSA) is 38.8 Å². The summed E-state index contributed by atoms with van der Waals surface area (Å²) in [5.41, 5.74) is -0.444. The average molecular weight is 205 g/mol. The van der Waals surface area contributed by atoms with Crippen molar-refractivity contribution < 1.29 is 13.7 Å². The molecule has 0 radical (unpaired) electrons. The van der Waals surface area contributed by atoms with Crippen molar-refractivity contribution in [1.82, 2.24) is 4.31 Å². The second kappa shape index (κ2) is 3.75. The number of carbonyl (C=O) groups excluding carboxylic acids is 1. The first-order chi connectivity index (χ1) is 5.90. The fraction of sp³-hybridized carbons (Fsp3) is 0.875. The fourth-order valence-corrected chi connectivity index (χ4v) is 1.52. The second-order valence-corrected chi connectivity index (χ2v) is 4.79. The minimum Gasteiger partial charge on any atom is -0.443 e. The van der Waals surface area contributed by atoms with Crippen molar-refractivity contribution in [2.24, 2.45) is 0 Å². The van der Waals surface area contributed by atoms with Gasteiger partial charge in [0, 0.05) is 0 Å². The van der Waals surface area contributed by atoms with Gasteiger partial charge in [0.25, 0.3) is 0 Å². The Bertz CT molecular complexity index is 202. The summed E-state index contributed by atoms with van der Waals surface area (Å²) < 4.78 is 11.7. The Morgan fingerprint density at radius 1 is 1.62 bits per heavy atom. The Balaban J connectivity index is 2.48. The van der Waals surface area contributed by atoms with Crippen molar-refractivity contribution in [3.63, 3.8) is 0 Å². The van der Waals surface area contributed by atoms with Crippen LogP contribution in [0.15, 0.2) is 0 Å². The van der Waals surface area contributed by atoms with Gasteiger partial charge in [0.1, 0.15) is 17.8 Å². The van der Waals surface area contributed by atoms with Crippen LogP contribution in [0.4, 0.5) is 4.79 Å². The van der Waals surface area contributed by atoms with Crippen LogP contribution in [0.2, 0.25) is 0 Å². The van der Waals surface area contributed by atoms with Gasteiger partial charge in [-0.15, -0.1) is 0 Å². The zero-order valence-electron chi connectivity index (χ0n) is 8.36. The monoisotopic (exact) mass is 205 g/mol. The first-order valence-electron chi connectivity index (χ1n) is 4.22. The summed E-state index contributed by atoms with van der Waals surface area (Å²) in [7, 11) is 0. The number of amides is 1. The first kappa shape index (κ1) is 10.7. The Morgan fingerprint density at radius 3 is 2.62 bits per heavy atom. The first-order valence-corrected chi connectivity index (χ1v) is 4.92. The predicted octanol–water partition coefficient (Wildman–Crippen LogP) is 2.21. The zero-order chi connectivity index (χ0) is 10.1. The molecule has 0 unspecified atom stereocenters. The molecular formula is C8H15NO3S. The third-order valence-electron chi connectivity index (χ3n) is 1.42. The summed E-state index contributed by atoms with van der Waals surface area (Å²) in [6.07, 6.45) is -0.331. The molecule has 0 aromatic carbocycles. The maximum absolute atomic E-state index is 11.5. The molecule has 0 N–H and O–H groups in total. The largest absolute Gasteiger partial charge is 0.443 e. The van der Waals surface area contributed by atoms with Crippen LogP contribution in [0.5, 0.6) is 0 Å². The molecule has 1 aliphatic heterocycles. The highest BCUT2D eigenvalue weighted by Gasteiger charge is 2.31. The molecule has 5 heteroatoms. The standard InChI is InChI=1S/C8H15NO3S/c1-6-5-11-13-9(6)7(10)12-8(2,3)4/h6H,5H2,1-4H3/t6-/m1/s1. The number of rotatable bonds is 0. The summed E-state index contributed by atoms with van der Waals surface area (Å²) >= 11 is 1.06. The number of ether oxygens (including phenoxy) is 1. The molecule has 1 atom stereocenters. The van der Waals surface area contributed by atoms with Gasteiger partial charge in [-0.1, -0.05) is 0 Å². The number of nitrogens with zero attached hydrogens (tertiary/aromatic N) is 1. The van der Waals surface area contributed by atoms with Gasteiger partial charge in [0.2, 0.25) is 0 Å². The van der Waals surface area contributed by atoms with E-state index in [9.17, 15) is 4.79 Å². The maximum atomic E-state index is 11.5. The molecule has 1 rings (SSSR count). The highest BCUT2D eigenvalue weighted by Crippen LogP contribution is 2.26. The summed E-state index contributed by atoms with van der Waals surface area (Å²) in [5.74, 6) is 0. The van der Waals surface area contributed by atoms with E-state index in [-0.39, 0.29) is 12.1 Å². The van der Waals surface area contributed by atoms with Gasteiger partial charge in [-0.2, -0.15) is 0 Å². The van der Waals surface area contributed by atoms with Gasteiger partial charge < -0.3 is 4.74 Å².